The summed E-state index contributed by atoms with van der Waals surface area (Å²) in [6.45, 7) is 2.01. The highest BCUT2D eigenvalue weighted by atomic mass is 19.1. The predicted molar refractivity (Wildman–Crippen MR) is 73.3 cm³/mol. The molecular weight excluding hydrogens is 245 g/mol. The summed E-state index contributed by atoms with van der Waals surface area (Å²) in [6, 6.07) is 5.30. The SMILES string of the molecule is CNCc1ccc(N2CCC(C(N)=O)CC2)c(F)c1. The zero-order valence-electron chi connectivity index (χ0n) is 11.2. The lowest BCUT2D eigenvalue weighted by molar-refractivity contribution is -0.122. The van der Waals surface area contributed by atoms with Crippen molar-refractivity contribution in [1.29, 1.82) is 0 Å². The fraction of sp³-hybridized carbons (Fsp3) is 0.500. The van der Waals surface area contributed by atoms with Crippen LogP contribution in [-0.4, -0.2) is 26.0 Å². The van der Waals surface area contributed by atoms with Crippen molar-refractivity contribution in [2.75, 3.05) is 25.0 Å². The molecule has 1 aromatic rings. The Morgan fingerprint density at radius 2 is 2.16 bits per heavy atom. The van der Waals surface area contributed by atoms with Gasteiger partial charge in [0.15, 0.2) is 0 Å². The highest BCUT2D eigenvalue weighted by Gasteiger charge is 2.24. The van der Waals surface area contributed by atoms with Crippen LogP contribution in [0.4, 0.5) is 10.1 Å². The zero-order valence-corrected chi connectivity index (χ0v) is 11.2. The molecular formula is C14H20FN3O. The van der Waals surface area contributed by atoms with E-state index in [-0.39, 0.29) is 17.6 Å². The van der Waals surface area contributed by atoms with Crippen LogP contribution in [0.1, 0.15) is 18.4 Å². The second-order valence-corrected chi connectivity index (χ2v) is 4.98. The minimum Gasteiger partial charge on any atom is -0.369 e. The first-order valence-corrected chi connectivity index (χ1v) is 6.59. The molecule has 2 rings (SSSR count). The Morgan fingerprint density at radius 3 is 2.68 bits per heavy atom. The monoisotopic (exact) mass is 265 g/mol. The number of nitrogens with zero attached hydrogens (tertiary/aromatic N) is 1. The van der Waals surface area contributed by atoms with E-state index in [1.54, 1.807) is 6.07 Å². The standard InChI is InChI=1S/C14H20FN3O/c1-17-9-10-2-3-13(12(15)8-10)18-6-4-11(5-7-18)14(16)19/h2-3,8,11,17H,4-7,9H2,1H3,(H2,16,19). The van der Waals surface area contributed by atoms with Gasteiger partial charge >= 0.3 is 0 Å². The van der Waals surface area contributed by atoms with Gasteiger partial charge in [0, 0.05) is 25.6 Å². The third-order valence-electron chi connectivity index (χ3n) is 3.63. The van der Waals surface area contributed by atoms with Crippen molar-refractivity contribution in [3.8, 4) is 0 Å². The normalized spacial score (nSPS) is 16.6. The number of rotatable bonds is 4. The number of amides is 1. The number of carbonyl (C=O) groups excluding carboxylic acids is 1. The van der Waals surface area contributed by atoms with Crippen molar-refractivity contribution in [1.82, 2.24) is 5.32 Å². The maximum atomic E-state index is 14.1. The lowest BCUT2D eigenvalue weighted by Crippen LogP contribution is -2.38. The summed E-state index contributed by atoms with van der Waals surface area (Å²) in [4.78, 5) is 13.1. The van der Waals surface area contributed by atoms with E-state index in [0.717, 1.165) is 5.56 Å². The Balaban J connectivity index is 2.05. The van der Waals surface area contributed by atoms with Gasteiger partial charge in [-0.2, -0.15) is 0 Å². The van der Waals surface area contributed by atoms with Gasteiger partial charge in [-0.3, -0.25) is 4.79 Å². The number of piperidine rings is 1. The van der Waals surface area contributed by atoms with E-state index in [0.29, 0.717) is 38.2 Å². The van der Waals surface area contributed by atoms with Gasteiger partial charge in [0.2, 0.25) is 5.91 Å². The van der Waals surface area contributed by atoms with E-state index in [1.165, 1.54) is 0 Å². The highest BCUT2D eigenvalue weighted by molar-refractivity contribution is 5.77. The van der Waals surface area contributed by atoms with Crippen molar-refractivity contribution in [2.45, 2.75) is 19.4 Å². The van der Waals surface area contributed by atoms with Crippen LogP contribution in [0.5, 0.6) is 0 Å². The quantitative estimate of drug-likeness (QED) is 0.861. The highest BCUT2D eigenvalue weighted by Crippen LogP contribution is 2.26. The van der Waals surface area contributed by atoms with Crippen molar-refractivity contribution in [3.05, 3.63) is 29.6 Å². The van der Waals surface area contributed by atoms with Crippen LogP contribution in [0.3, 0.4) is 0 Å². The molecule has 1 heterocycles. The molecule has 0 bridgehead atoms. The summed E-state index contributed by atoms with van der Waals surface area (Å²) in [5, 5.41) is 3.00. The maximum absolute atomic E-state index is 14.1. The van der Waals surface area contributed by atoms with Crippen LogP contribution in [0, 0.1) is 11.7 Å². The Morgan fingerprint density at radius 1 is 1.47 bits per heavy atom. The number of benzene rings is 1. The molecule has 1 amide bonds. The molecule has 0 aromatic heterocycles. The van der Waals surface area contributed by atoms with Gasteiger partial charge in [-0.05, 0) is 37.6 Å². The Kier molecular flexibility index (Phi) is 4.37. The third-order valence-corrected chi connectivity index (χ3v) is 3.63. The number of hydrogen-bond acceptors (Lipinski definition) is 3. The fourth-order valence-electron chi connectivity index (χ4n) is 2.53. The Bertz CT molecular complexity index is 456. The van der Waals surface area contributed by atoms with Crippen LogP contribution in [0.25, 0.3) is 0 Å². The minimum atomic E-state index is -0.246. The second-order valence-electron chi connectivity index (χ2n) is 4.98. The zero-order chi connectivity index (χ0) is 13.8. The molecule has 1 saturated heterocycles. The molecule has 104 valence electrons. The molecule has 0 aliphatic carbocycles. The van der Waals surface area contributed by atoms with Gasteiger partial charge in [-0.1, -0.05) is 6.07 Å². The van der Waals surface area contributed by atoms with Gasteiger partial charge in [0.1, 0.15) is 5.82 Å². The number of carbonyl (C=O) groups is 1. The lowest BCUT2D eigenvalue weighted by atomic mass is 9.96. The van der Waals surface area contributed by atoms with Crippen molar-refractivity contribution >= 4 is 11.6 Å². The topological polar surface area (TPSA) is 58.4 Å². The van der Waals surface area contributed by atoms with E-state index in [2.05, 4.69) is 5.32 Å². The molecule has 5 heteroatoms. The van der Waals surface area contributed by atoms with Gasteiger partial charge in [-0.15, -0.1) is 0 Å². The van der Waals surface area contributed by atoms with E-state index >= 15 is 0 Å². The average molecular weight is 265 g/mol. The summed E-state index contributed by atoms with van der Waals surface area (Å²) < 4.78 is 14.1. The number of nitrogens with two attached hydrogens (primary N) is 1. The Hall–Kier alpha value is -1.62. The van der Waals surface area contributed by atoms with E-state index in [4.69, 9.17) is 5.73 Å². The third kappa shape index (κ3) is 3.23. The molecule has 0 unspecified atom stereocenters. The van der Waals surface area contributed by atoms with Crippen LogP contribution in [0.15, 0.2) is 18.2 Å². The molecule has 1 fully saturated rings. The summed E-state index contributed by atoms with van der Waals surface area (Å²) >= 11 is 0. The number of nitrogens with one attached hydrogen (secondary N) is 1. The van der Waals surface area contributed by atoms with Gasteiger partial charge in [-0.25, -0.2) is 4.39 Å². The summed E-state index contributed by atoms with van der Waals surface area (Å²) in [5.41, 5.74) is 6.84. The van der Waals surface area contributed by atoms with E-state index in [1.807, 2.05) is 24.1 Å². The Labute approximate surface area is 112 Å². The summed E-state index contributed by atoms with van der Waals surface area (Å²) in [5.74, 6) is -0.516. The molecule has 0 radical (unpaired) electrons. The number of anilines is 1. The lowest BCUT2D eigenvalue weighted by Gasteiger charge is -2.32. The van der Waals surface area contributed by atoms with E-state index in [9.17, 15) is 9.18 Å². The largest absolute Gasteiger partial charge is 0.369 e. The predicted octanol–water partition coefficient (Wildman–Crippen LogP) is 1.25. The van der Waals surface area contributed by atoms with Crippen LogP contribution in [-0.2, 0) is 11.3 Å². The molecule has 4 nitrogen and oxygen atoms in total. The molecule has 1 aliphatic heterocycles. The first-order valence-electron chi connectivity index (χ1n) is 6.59. The molecule has 1 aliphatic rings. The smallest absolute Gasteiger partial charge is 0.220 e. The molecule has 0 atom stereocenters. The average Bonchev–Trinajstić information content (AvgIpc) is 2.39. The summed E-state index contributed by atoms with van der Waals surface area (Å²) in [7, 11) is 1.83. The second kappa shape index (κ2) is 6.02. The number of primary amides is 1. The first kappa shape index (κ1) is 13.8. The first-order chi connectivity index (χ1) is 9.11. The van der Waals surface area contributed by atoms with Gasteiger partial charge in [0.25, 0.3) is 0 Å². The maximum Gasteiger partial charge on any atom is 0.220 e. The van der Waals surface area contributed by atoms with Crippen LogP contribution >= 0.6 is 0 Å². The number of halogens is 1. The fourth-order valence-corrected chi connectivity index (χ4v) is 2.53. The number of hydrogen-bond donors (Lipinski definition) is 2. The molecule has 0 spiro atoms. The van der Waals surface area contributed by atoms with Crippen molar-refractivity contribution in [3.63, 3.8) is 0 Å². The van der Waals surface area contributed by atoms with E-state index < -0.39 is 0 Å². The minimum absolute atomic E-state index is 0.0668. The van der Waals surface area contributed by atoms with Crippen LogP contribution in [0.2, 0.25) is 0 Å². The molecule has 1 aromatic carbocycles. The van der Waals surface area contributed by atoms with Gasteiger partial charge < -0.3 is 16.0 Å². The van der Waals surface area contributed by atoms with Crippen molar-refractivity contribution < 1.29 is 9.18 Å². The molecule has 0 saturated carbocycles. The van der Waals surface area contributed by atoms with Gasteiger partial charge in [0.05, 0.1) is 5.69 Å². The molecule has 3 N–H and O–H groups in total. The van der Waals surface area contributed by atoms with Crippen molar-refractivity contribution in [2.24, 2.45) is 11.7 Å². The summed E-state index contributed by atoms with van der Waals surface area (Å²) in [6.07, 6.45) is 1.40. The molecule has 19 heavy (non-hydrogen) atoms. The van der Waals surface area contributed by atoms with Crippen LogP contribution < -0.4 is 16.0 Å².